The summed E-state index contributed by atoms with van der Waals surface area (Å²) in [5.74, 6) is 1.56. The minimum absolute atomic E-state index is 0.0826. The summed E-state index contributed by atoms with van der Waals surface area (Å²) in [7, 11) is -2.84. The quantitative estimate of drug-likeness (QED) is 0.904. The minimum Gasteiger partial charge on any atom is -0.467 e. The van der Waals surface area contributed by atoms with Gasteiger partial charge in [0.2, 0.25) is 0 Å². The Kier molecular flexibility index (Phi) is 4.40. The average molecular weight is 346 g/mol. The molecule has 2 aromatic rings. The van der Waals surface area contributed by atoms with Gasteiger partial charge in [-0.3, -0.25) is 0 Å². The topological polar surface area (TPSA) is 59.3 Å². The molecule has 21 heavy (non-hydrogen) atoms. The first-order valence-corrected chi connectivity index (χ1v) is 9.77. The van der Waals surface area contributed by atoms with Gasteiger partial charge in [-0.15, -0.1) is 11.3 Å². The van der Waals surface area contributed by atoms with E-state index >= 15 is 0 Å². The van der Waals surface area contributed by atoms with Crippen molar-refractivity contribution in [1.82, 2.24) is 5.32 Å². The van der Waals surface area contributed by atoms with Crippen LogP contribution in [-0.2, 0) is 9.84 Å². The third-order valence-corrected chi connectivity index (χ3v) is 6.78. The van der Waals surface area contributed by atoms with Gasteiger partial charge in [0, 0.05) is 4.88 Å². The Hall–Kier alpha value is -0.820. The molecule has 4 nitrogen and oxygen atoms in total. The van der Waals surface area contributed by atoms with Crippen LogP contribution in [0.1, 0.15) is 23.1 Å². The molecule has 2 unspecified atom stereocenters. The lowest BCUT2D eigenvalue weighted by molar-refractivity contribution is 0.423. The summed E-state index contributed by atoms with van der Waals surface area (Å²) in [6.45, 7) is 0.653. The highest BCUT2D eigenvalue weighted by atomic mass is 35.5. The van der Waals surface area contributed by atoms with E-state index in [9.17, 15) is 8.42 Å². The Morgan fingerprint density at radius 3 is 2.86 bits per heavy atom. The van der Waals surface area contributed by atoms with E-state index in [2.05, 4.69) is 5.32 Å². The molecule has 3 rings (SSSR count). The highest BCUT2D eigenvalue weighted by Gasteiger charge is 2.29. The standard InChI is InChI=1S/C14H16ClNO3S2/c15-13-4-3-12(20-13)14(11-2-1-6-19-11)16-8-10-5-7-21(17,18)9-10/h1-4,6,10,14,16H,5,7-9H2. The van der Waals surface area contributed by atoms with Gasteiger partial charge in [0.15, 0.2) is 9.84 Å². The summed E-state index contributed by atoms with van der Waals surface area (Å²) in [5.41, 5.74) is 0. The molecule has 1 N–H and O–H groups in total. The normalized spacial score (nSPS) is 22.4. The highest BCUT2D eigenvalue weighted by molar-refractivity contribution is 7.91. The second kappa shape index (κ2) is 6.12. The van der Waals surface area contributed by atoms with Crippen LogP contribution in [0.15, 0.2) is 34.9 Å². The Morgan fingerprint density at radius 2 is 2.29 bits per heavy atom. The van der Waals surface area contributed by atoms with Crippen LogP contribution in [0.3, 0.4) is 0 Å². The maximum Gasteiger partial charge on any atom is 0.150 e. The number of sulfone groups is 1. The molecule has 2 atom stereocenters. The van der Waals surface area contributed by atoms with Crippen molar-refractivity contribution in [2.24, 2.45) is 5.92 Å². The molecule has 3 heterocycles. The van der Waals surface area contributed by atoms with E-state index in [1.54, 1.807) is 6.26 Å². The van der Waals surface area contributed by atoms with Crippen molar-refractivity contribution in [1.29, 1.82) is 0 Å². The molecule has 0 radical (unpaired) electrons. The summed E-state index contributed by atoms with van der Waals surface area (Å²) < 4.78 is 29.3. The number of rotatable bonds is 5. The molecule has 1 aliphatic rings. The van der Waals surface area contributed by atoms with Crippen LogP contribution in [0, 0.1) is 5.92 Å². The third kappa shape index (κ3) is 3.69. The number of thiophene rings is 1. The number of halogens is 1. The SMILES string of the molecule is O=S1(=O)CCC(CNC(c2ccco2)c2ccc(Cl)s2)C1. The Bertz CT molecular complexity index is 694. The summed E-state index contributed by atoms with van der Waals surface area (Å²) in [6, 6.07) is 7.51. The molecule has 0 amide bonds. The largest absolute Gasteiger partial charge is 0.467 e. The second-order valence-corrected chi connectivity index (χ2v) is 9.24. The fourth-order valence-corrected chi connectivity index (χ4v) is 5.60. The van der Waals surface area contributed by atoms with Crippen molar-refractivity contribution in [2.75, 3.05) is 18.1 Å². The van der Waals surface area contributed by atoms with E-state index in [1.165, 1.54) is 11.3 Å². The fourth-order valence-electron chi connectivity index (χ4n) is 2.60. The van der Waals surface area contributed by atoms with Gasteiger partial charge in [-0.25, -0.2) is 8.42 Å². The molecule has 0 bridgehead atoms. The Morgan fingerprint density at radius 1 is 1.43 bits per heavy atom. The van der Waals surface area contributed by atoms with Gasteiger partial charge in [-0.05, 0) is 43.1 Å². The van der Waals surface area contributed by atoms with E-state index < -0.39 is 9.84 Å². The highest BCUT2D eigenvalue weighted by Crippen LogP contribution is 2.31. The van der Waals surface area contributed by atoms with E-state index in [1.807, 2.05) is 24.3 Å². The van der Waals surface area contributed by atoms with Crippen LogP contribution in [0.25, 0.3) is 0 Å². The molecular weight excluding hydrogens is 330 g/mol. The zero-order valence-electron chi connectivity index (χ0n) is 11.3. The molecule has 7 heteroatoms. The van der Waals surface area contributed by atoms with Crippen molar-refractivity contribution in [3.63, 3.8) is 0 Å². The second-order valence-electron chi connectivity index (χ2n) is 5.27. The molecule has 1 saturated heterocycles. The van der Waals surface area contributed by atoms with Crippen molar-refractivity contribution in [3.05, 3.63) is 45.5 Å². The van der Waals surface area contributed by atoms with Crippen molar-refractivity contribution in [2.45, 2.75) is 12.5 Å². The molecule has 0 aliphatic carbocycles. The predicted molar refractivity (Wildman–Crippen MR) is 84.6 cm³/mol. The lowest BCUT2D eigenvalue weighted by atomic mass is 10.1. The van der Waals surface area contributed by atoms with Crippen LogP contribution < -0.4 is 5.32 Å². The van der Waals surface area contributed by atoms with Gasteiger partial charge in [0.05, 0.1) is 22.1 Å². The van der Waals surface area contributed by atoms with Gasteiger partial charge < -0.3 is 9.73 Å². The molecule has 1 aliphatic heterocycles. The van der Waals surface area contributed by atoms with Gasteiger partial charge in [-0.1, -0.05) is 11.6 Å². The molecule has 0 saturated carbocycles. The van der Waals surface area contributed by atoms with Crippen LogP contribution >= 0.6 is 22.9 Å². The molecule has 0 spiro atoms. The smallest absolute Gasteiger partial charge is 0.150 e. The van der Waals surface area contributed by atoms with Gasteiger partial charge in [0.25, 0.3) is 0 Å². The van der Waals surface area contributed by atoms with Crippen molar-refractivity contribution in [3.8, 4) is 0 Å². The lowest BCUT2D eigenvalue weighted by Gasteiger charge is -2.17. The van der Waals surface area contributed by atoms with E-state index in [0.29, 0.717) is 12.3 Å². The first kappa shape index (κ1) is 15.1. The predicted octanol–water partition coefficient (Wildman–Crippen LogP) is 3.11. The summed E-state index contributed by atoms with van der Waals surface area (Å²) in [5, 5.41) is 3.43. The third-order valence-electron chi connectivity index (χ3n) is 3.64. The summed E-state index contributed by atoms with van der Waals surface area (Å²) >= 11 is 7.51. The lowest BCUT2D eigenvalue weighted by Crippen LogP contribution is -2.28. The summed E-state index contributed by atoms with van der Waals surface area (Å²) in [4.78, 5) is 1.07. The number of hydrogen-bond donors (Lipinski definition) is 1. The van der Waals surface area contributed by atoms with Gasteiger partial charge >= 0.3 is 0 Å². The number of hydrogen-bond acceptors (Lipinski definition) is 5. The molecular formula is C14H16ClNO3S2. The monoisotopic (exact) mass is 345 g/mol. The van der Waals surface area contributed by atoms with Crippen LogP contribution in [-0.4, -0.2) is 26.5 Å². The van der Waals surface area contributed by atoms with E-state index in [0.717, 1.165) is 21.4 Å². The van der Waals surface area contributed by atoms with Crippen LogP contribution in [0.5, 0.6) is 0 Å². The van der Waals surface area contributed by atoms with Crippen molar-refractivity contribution >= 4 is 32.8 Å². The Balaban J connectivity index is 1.72. The van der Waals surface area contributed by atoms with Crippen LogP contribution in [0.2, 0.25) is 4.34 Å². The Labute approximate surface area is 133 Å². The first-order valence-electron chi connectivity index (χ1n) is 6.76. The number of nitrogens with one attached hydrogen (secondary N) is 1. The first-order chi connectivity index (χ1) is 10.0. The molecule has 1 fully saturated rings. The van der Waals surface area contributed by atoms with E-state index in [-0.39, 0.29) is 17.7 Å². The fraction of sp³-hybridized carbons (Fsp3) is 0.429. The van der Waals surface area contributed by atoms with E-state index in [4.69, 9.17) is 16.0 Å². The number of furan rings is 1. The molecule has 0 aromatic carbocycles. The maximum absolute atomic E-state index is 11.5. The van der Waals surface area contributed by atoms with Gasteiger partial charge in [0.1, 0.15) is 11.8 Å². The van der Waals surface area contributed by atoms with Gasteiger partial charge in [-0.2, -0.15) is 0 Å². The zero-order chi connectivity index (χ0) is 14.9. The maximum atomic E-state index is 11.5. The molecule has 114 valence electrons. The molecule has 2 aromatic heterocycles. The van der Waals surface area contributed by atoms with Crippen molar-refractivity contribution < 1.29 is 12.8 Å². The van der Waals surface area contributed by atoms with Crippen LogP contribution in [0.4, 0.5) is 0 Å². The minimum atomic E-state index is -2.84. The average Bonchev–Trinajstić information content (AvgIpc) is 3.13. The zero-order valence-corrected chi connectivity index (χ0v) is 13.7. The summed E-state index contributed by atoms with van der Waals surface area (Å²) in [6.07, 6.45) is 2.37.